The van der Waals surface area contributed by atoms with E-state index in [1.807, 2.05) is 54.6 Å². The van der Waals surface area contributed by atoms with Crippen molar-refractivity contribution >= 4 is 17.3 Å². The molecule has 88 valence electrons. The summed E-state index contributed by atoms with van der Waals surface area (Å²) in [6, 6.07) is 17.3. The molecule has 3 nitrogen and oxygen atoms in total. The zero-order valence-corrected chi connectivity index (χ0v) is 9.68. The van der Waals surface area contributed by atoms with Crippen LogP contribution in [0.1, 0.15) is 5.56 Å². The summed E-state index contributed by atoms with van der Waals surface area (Å²) in [6.45, 7) is 0. The Morgan fingerprint density at radius 1 is 1.00 bits per heavy atom. The molecule has 2 rings (SSSR count). The normalized spacial score (nSPS) is 9.11. The fourth-order valence-corrected chi connectivity index (χ4v) is 1.50. The number of nitrogens with two attached hydrogens (primary N) is 1. The zero-order valence-electron chi connectivity index (χ0n) is 9.68. The summed E-state index contributed by atoms with van der Waals surface area (Å²) in [7, 11) is 0. The Hall–Kier alpha value is -2.73. The maximum Gasteiger partial charge on any atom is 0.293 e. The molecule has 2 aromatic rings. The second kappa shape index (κ2) is 5.55. The number of amides is 1. The van der Waals surface area contributed by atoms with Crippen LogP contribution in [0, 0.1) is 11.8 Å². The molecule has 0 atom stereocenters. The molecule has 0 aliphatic heterocycles. The lowest BCUT2D eigenvalue weighted by molar-refractivity contribution is -0.112. The monoisotopic (exact) mass is 236 g/mol. The predicted molar refractivity (Wildman–Crippen MR) is 72.2 cm³/mol. The smallest absolute Gasteiger partial charge is 0.293 e. The van der Waals surface area contributed by atoms with Crippen LogP contribution in [0.2, 0.25) is 0 Å². The summed E-state index contributed by atoms with van der Waals surface area (Å²) in [4.78, 5) is 10.6. The lowest BCUT2D eigenvalue weighted by Gasteiger charge is -2.06. The summed E-state index contributed by atoms with van der Waals surface area (Å²) in [6.07, 6.45) is 0. The highest BCUT2D eigenvalue weighted by Gasteiger charge is 1.94. The van der Waals surface area contributed by atoms with Gasteiger partial charge in [-0.05, 0) is 36.3 Å². The van der Waals surface area contributed by atoms with Crippen LogP contribution in [0.15, 0.2) is 54.6 Å². The van der Waals surface area contributed by atoms with Crippen LogP contribution in [0.3, 0.4) is 0 Å². The molecule has 1 amide bonds. The first kappa shape index (κ1) is 11.7. The lowest BCUT2D eigenvalue weighted by Crippen LogP contribution is -2.06. The molecule has 3 N–H and O–H groups in total. The average molecular weight is 236 g/mol. The molecule has 0 fully saturated rings. The van der Waals surface area contributed by atoms with Crippen LogP contribution in [-0.2, 0) is 4.79 Å². The number of benzene rings is 2. The highest BCUT2D eigenvalue weighted by Crippen LogP contribution is 2.16. The van der Waals surface area contributed by atoms with Gasteiger partial charge in [-0.2, -0.15) is 0 Å². The molecule has 0 aliphatic rings. The van der Waals surface area contributed by atoms with E-state index in [9.17, 15) is 4.79 Å². The van der Waals surface area contributed by atoms with E-state index in [4.69, 9.17) is 5.73 Å². The van der Waals surface area contributed by atoms with E-state index in [0.717, 1.165) is 16.9 Å². The predicted octanol–water partition coefficient (Wildman–Crippen LogP) is 2.27. The number of nitrogens with one attached hydrogen (secondary N) is 1. The first-order valence-corrected chi connectivity index (χ1v) is 5.47. The molecule has 0 unspecified atom stereocenters. The van der Waals surface area contributed by atoms with Gasteiger partial charge in [0.1, 0.15) is 0 Å². The number of primary amides is 1. The maximum absolute atomic E-state index is 10.6. The van der Waals surface area contributed by atoms with Crippen molar-refractivity contribution in [3.05, 3.63) is 60.2 Å². The second-order valence-electron chi connectivity index (χ2n) is 3.69. The first-order chi connectivity index (χ1) is 8.74. The summed E-state index contributed by atoms with van der Waals surface area (Å²) >= 11 is 0. The molecule has 0 spiro atoms. The fraction of sp³-hybridized carbons (Fsp3) is 0. The van der Waals surface area contributed by atoms with E-state index in [1.165, 1.54) is 0 Å². The molecule has 0 heterocycles. The topological polar surface area (TPSA) is 55.1 Å². The number of rotatable bonds is 2. The highest BCUT2D eigenvalue weighted by molar-refractivity contribution is 5.92. The van der Waals surface area contributed by atoms with Gasteiger partial charge in [-0.25, -0.2) is 0 Å². The van der Waals surface area contributed by atoms with E-state index in [-0.39, 0.29) is 0 Å². The maximum atomic E-state index is 10.6. The molecule has 0 aliphatic carbocycles. The number of para-hydroxylation sites is 1. The molecule has 0 radical (unpaired) electrons. The molecular weight excluding hydrogens is 224 g/mol. The Kier molecular flexibility index (Phi) is 3.62. The van der Waals surface area contributed by atoms with Crippen LogP contribution in [0.5, 0.6) is 0 Å². The third-order valence-corrected chi connectivity index (χ3v) is 2.26. The van der Waals surface area contributed by atoms with E-state index < -0.39 is 5.91 Å². The average Bonchev–Trinajstić information content (AvgIpc) is 2.38. The van der Waals surface area contributed by atoms with Crippen molar-refractivity contribution in [3.63, 3.8) is 0 Å². The summed E-state index contributed by atoms with van der Waals surface area (Å²) < 4.78 is 0. The Morgan fingerprint density at radius 2 is 1.72 bits per heavy atom. The minimum Gasteiger partial charge on any atom is -0.359 e. The van der Waals surface area contributed by atoms with Crippen LogP contribution in [-0.4, -0.2) is 5.91 Å². The molecule has 0 aromatic heterocycles. The van der Waals surface area contributed by atoms with Gasteiger partial charge in [-0.15, -0.1) is 0 Å². The Bertz CT molecular complexity index is 609. The summed E-state index contributed by atoms with van der Waals surface area (Å²) in [5.74, 6) is 4.39. The lowest BCUT2D eigenvalue weighted by atomic mass is 10.2. The van der Waals surface area contributed by atoms with E-state index in [1.54, 1.807) is 0 Å². The second-order valence-corrected chi connectivity index (χ2v) is 3.69. The first-order valence-electron chi connectivity index (χ1n) is 5.47. The largest absolute Gasteiger partial charge is 0.359 e. The minimum absolute atomic E-state index is 0.628. The highest BCUT2D eigenvalue weighted by atomic mass is 16.1. The molecule has 0 saturated carbocycles. The SMILES string of the molecule is NC(=O)C#Cc1cccc(Nc2ccccc2)c1. The van der Waals surface area contributed by atoms with Crippen LogP contribution in [0.25, 0.3) is 0 Å². The number of anilines is 2. The van der Waals surface area contributed by atoms with E-state index in [0.29, 0.717) is 0 Å². The molecule has 0 bridgehead atoms. The zero-order chi connectivity index (χ0) is 12.8. The van der Waals surface area contributed by atoms with Crippen molar-refractivity contribution in [2.24, 2.45) is 5.73 Å². The van der Waals surface area contributed by atoms with Gasteiger partial charge in [0.25, 0.3) is 5.91 Å². The Morgan fingerprint density at radius 3 is 2.44 bits per heavy atom. The molecular formula is C15H12N2O. The van der Waals surface area contributed by atoms with E-state index in [2.05, 4.69) is 17.2 Å². The van der Waals surface area contributed by atoms with Crippen molar-refractivity contribution in [1.29, 1.82) is 0 Å². The number of carbonyl (C=O) groups is 1. The van der Waals surface area contributed by atoms with Crippen molar-refractivity contribution < 1.29 is 4.79 Å². The van der Waals surface area contributed by atoms with E-state index >= 15 is 0 Å². The number of hydrogen-bond acceptors (Lipinski definition) is 2. The van der Waals surface area contributed by atoms with Gasteiger partial charge in [0.2, 0.25) is 0 Å². The summed E-state index contributed by atoms with van der Waals surface area (Å²) in [5.41, 5.74) is 7.63. The number of hydrogen-bond donors (Lipinski definition) is 2. The standard InChI is InChI=1S/C15H12N2O/c16-15(18)10-9-12-5-4-8-14(11-12)17-13-6-2-1-3-7-13/h1-8,11,17H,(H2,16,18). The van der Waals surface area contributed by atoms with Crippen LogP contribution >= 0.6 is 0 Å². The Balaban J connectivity index is 2.18. The molecule has 3 heteroatoms. The molecule has 0 saturated heterocycles. The quantitative estimate of drug-likeness (QED) is 0.786. The fourth-order valence-electron chi connectivity index (χ4n) is 1.50. The third kappa shape index (κ3) is 3.39. The van der Waals surface area contributed by atoms with Gasteiger partial charge in [0, 0.05) is 16.9 Å². The Labute approximate surface area is 106 Å². The van der Waals surface area contributed by atoms with Gasteiger partial charge in [-0.3, -0.25) is 4.79 Å². The molecule has 18 heavy (non-hydrogen) atoms. The molecule has 2 aromatic carbocycles. The van der Waals surface area contributed by atoms with Gasteiger partial charge >= 0.3 is 0 Å². The van der Waals surface area contributed by atoms with Gasteiger partial charge in [0.15, 0.2) is 0 Å². The van der Waals surface area contributed by atoms with Crippen molar-refractivity contribution in [2.45, 2.75) is 0 Å². The van der Waals surface area contributed by atoms with Crippen LogP contribution < -0.4 is 11.1 Å². The van der Waals surface area contributed by atoms with Crippen molar-refractivity contribution in [3.8, 4) is 11.8 Å². The third-order valence-electron chi connectivity index (χ3n) is 2.26. The van der Waals surface area contributed by atoms with Crippen LogP contribution in [0.4, 0.5) is 11.4 Å². The summed E-state index contributed by atoms with van der Waals surface area (Å²) in [5, 5.41) is 3.25. The minimum atomic E-state index is -0.628. The van der Waals surface area contributed by atoms with Gasteiger partial charge in [-0.1, -0.05) is 30.2 Å². The number of carbonyl (C=O) groups excluding carboxylic acids is 1. The van der Waals surface area contributed by atoms with Gasteiger partial charge < -0.3 is 11.1 Å². The van der Waals surface area contributed by atoms with Gasteiger partial charge in [0.05, 0.1) is 0 Å². The van der Waals surface area contributed by atoms with Crippen molar-refractivity contribution in [2.75, 3.05) is 5.32 Å². The van der Waals surface area contributed by atoms with Crippen molar-refractivity contribution in [1.82, 2.24) is 0 Å².